The third kappa shape index (κ3) is 2.79. The van der Waals surface area contributed by atoms with E-state index in [0.29, 0.717) is 17.7 Å². The van der Waals surface area contributed by atoms with Gasteiger partial charge in [-0.15, -0.1) is 0 Å². The molecule has 4 heteroatoms. The standard InChI is InChI=1S/C15H27N3O/c16-4-7-17-5-1-6-18(9-8-17)15(19)14-11-12-2-3-13(14)10-12/h12-14H,1-11,16H2. The molecule has 4 nitrogen and oxygen atoms in total. The molecule has 3 aliphatic rings. The average molecular weight is 265 g/mol. The molecule has 2 saturated carbocycles. The maximum Gasteiger partial charge on any atom is 0.226 e. The summed E-state index contributed by atoms with van der Waals surface area (Å²) in [5.74, 6) is 2.39. The summed E-state index contributed by atoms with van der Waals surface area (Å²) in [6.07, 6.45) is 6.27. The first kappa shape index (κ1) is 13.4. The number of carbonyl (C=O) groups excluding carboxylic acids is 1. The maximum absolute atomic E-state index is 12.7. The molecular weight excluding hydrogens is 238 g/mol. The highest BCUT2D eigenvalue weighted by molar-refractivity contribution is 5.79. The summed E-state index contributed by atoms with van der Waals surface area (Å²) >= 11 is 0. The van der Waals surface area contributed by atoms with Crippen molar-refractivity contribution in [2.24, 2.45) is 23.5 Å². The lowest BCUT2D eigenvalue weighted by molar-refractivity contribution is -0.137. The summed E-state index contributed by atoms with van der Waals surface area (Å²) in [7, 11) is 0. The molecule has 2 aliphatic carbocycles. The van der Waals surface area contributed by atoms with Crippen LogP contribution in [0.5, 0.6) is 0 Å². The Morgan fingerprint density at radius 1 is 1.11 bits per heavy atom. The van der Waals surface area contributed by atoms with E-state index in [9.17, 15) is 4.79 Å². The molecule has 0 radical (unpaired) electrons. The molecule has 1 aliphatic heterocycles. The van der Waals surface area contributed by atoms with E-state index in [1.165, 1.54) is 25.7 Å². The van der Waals surface area contributed by atoms with Crippen molar-refractivity contribution in [3.05, 3.63) is 0 Å². The normalized spacial score (nSPS) is 35.6. The molecule has 3 atom stereocenters. The van der Waals surface area contributed by atoms with Crippen molar-refractivity contribution in [2.75, 3.05) is 39.3 Å². The zero-order chi connectivity index (χ0) is 13.2. The SMILES string of the molecule is NCCN1CCCN(C(=O)C2CC3CCC2C3)CC1. The second-order valence-electron chi connectivity index (χ2n) is 6.59. The van der Waals surface area contributed by atoms with Crippen molar-refractivity contribution >= 4 is 5.91 Å². The number of amides is 1. The van der Waals surface area contributed by atoms with Crippen molar-refractivity contribution in [3.8, 4) is 0 Å². The molecule has 1 amide bonds. The summed E-state index contributed by atoms with van der Waals surface area (Å²) in [5.41, 5.74) is 5.62. The third-order valence-electron chi connectivity index (χ3n) is 5.40. The minimum atomic E-state index is 0.361. The fourth-order valence-corrected chi connectivity index (χ4v) is 4.38. The van der Waals surface area contributed by atoms with Crippen LogP contribution >= 0.6 is 0 Å². The van der Waals surface area contributed by atoms with Crippen molar-refractivity contribution < 1.29 is 4.79 Å². The van der Waals surface area contributed by atoms with Gasteiger partial charge >= 0.3 is 0 Å². The number of carbonyl (C=O) groups is 1. The summed E-state index contributed by atoms with van der Waals surface area (Å²) in [6.45, 7) is 5.65. The van der Waals surface area contributed by atoms with Crippen LogP contribution in [0.1, 0.15) is 32.1 Å². The van der Waals surface area contributed by atoms with E-state index in [1.807, 2.05) is 0 Å². The van der Waals surface area contributed by atoms with Gasteiger partial charge < -0.3 is 15.5 Å². The smallest absolute Gasteiger partial charge is 0.226 e. The van der Waals surface area contributed by atoms with Gasteiger partial charge in [0, 0.05) is 38.6 Å². The van der Waals surface area contributed by atoms with Crippen LogP contribution in [0.2, 0.25) is 0 Å². The van der Waals surface area contributed by atoms with E-state index in [4.69, 9.17) is 5.73 Å². The fraction of sp³-hybridized carbons (Fsp3) is 0.933. The third-order valence-corrected chi connectivity index (χ3v) is 5.40. The van der Waals surface area contributed by atoms with E-state index in [1.54, 1.807) is 0 Å². The van der Waals surface area contributed by atoms with Gasteiger partial charge in [-0.1, -0.05) is 6.42 Å². The zero-order valence-corrected chi connectivity index (χ0v) is 11.9. The number of fused-ring (bicyclic) bond motifs is 2. The van der Waals surface area contributed by atoms with Gasteiger partial charge in [-0.25, -0.2) is 0 Å². The predicted octanol–water partition coefficient (Wildman–Crippen LogP) is 0.916. The fourth-order valence-electron chi connectivity index (χ4n) is 4.38. The van der Waals surface area contributed by atoms with Gasteiger partial charge in [0.25, 0.3) is 0 Å². The Balaban J connectivity index is 1.55. The number of rotatable bonds is 3. The van der Waals surface area contributed by atoms with Gasteiger partial charge in [0.2, 0.25) is 5.91 Å². The van der Waals surface area contributed by atoms with Crippen molar-refractivity contribution in [3.63, 3.8) is 0 Å². The van der Waals surface area contributed by atoms with Crippen molar-refractivity contribution in [1.82, 2.24) is 9.80 Å². The predicted molar refractivity (Wildman–Crippen MR) is 75.6 cm³/mol. The number of nitrogens with zero attached hydrogens (tertiary/aromatic N) is 2. The summed E-state index contributed by atoms with van der Waals surface area (Å²) in [4.78, 5) is 17.2. The lowest BCUT2D eigenvalue weighted by Gasteiger charge is -2.28. The quantitative estimate of drug-likeness (QED) is 0.825. The van der Waals surface area contributed by atoms with Crippen LogP contribution in [0.4, 0.5) is 0 Å². The molecule has 1 heterocycles. The van der Waals surface area contributed by atoms with Crippen LogP contribution in [0.25, 0.3) is 0 Å². The lowest BCUT2D eigenvalue weighted by Crippen LogP contribution is -2.41. The van der Waals surface area contributed by atoms with E-state index in [-0.39, 0.29) is 0 Å². The van der Waals surface area contributed by atoms with Gasteiger partial charge in [0.15, 0.2) is 0 Å². The summed E-state index contributed by atoms with van der Waals surface area (Å²) < 4.78 is 0. The first-order valence-electron chi connectivity index (χ1n) is 7.99. The minimum absolute atomic E-state index is 0.361. The Hall–Kier alpha value is -0.610. The second kappa shape index (κ2) is 5.80. The van der Waals surface area contributed by atoms with E-state index < -0.39 is 0 Å². The van der Waals surface area contributed by atoms with Gasteiger partial charge in [-0.3, -0.25) is 4.79 Å². The molecule has 3 unspecified atom stereocenters. The van der Waals surface area contributed by atoms with E-state index >= 15 is 0 Å². The highest BCUT2D eigenvalue weighted by atomic mass is 16.2. The molecule has 2 bridgehead atoms. The Bertz CT molecular complexity index is 333. The first-order chi connectivity index (χ1) is 9.28. The molecule has 2 N–H and O–H groups in total. The van der Waals surface area contributed by atoms with Gasteiger partial charge in [0.1, 0.15) is 0 Å². The summed E-state index contributed by atoms with van der Waals surface area (Å²) in [6, 6.07) is 0. The summed E-state index contributed by atoms with van der Waals surface area (Å²) in [5, 5.41) is 0. The van der Waals surface area contributed by atoms with E-state index in [0.717, 1.165) is 51.6 Å². The Morgan fingerprint density at radius 3 is 2.68 bits per heavy atom. The van der Waals surface area contributed by atoms with Gasteiger partial charge in [0.05, 0.1) is 0 Å². The molecule has 3 rings (SSSR count). The van der Waals surface area contributed by atoms with Crippen LogP contribution in [0.15, 0.2) is 0 Å². The van der Waals surface area contributed by atoms with Gasteiger partial charge in [-0.2, -0.15) is 0 Å². The lowest BCUT2D eigenvalue weighted by atomic mass is 9.87. The average Bonchev–Trinajstić information content (AvgIpc) is 2.97. The largest absolute Gasteiger partial charge is 0.341 e. The number of nitrogens with two attached hydrogens (primary N) is 1. The molecule has 19 heavy (non-hydrogen) atoms. The van der Waals surface area contributed by atoms with Crippen LogP contribution in [-0.2, 0) is 4.79 Å². The highest BCUT2D eigenvalue weighted by Crippen LogP contribution is 2.48. The van der Waals surface area contributed by atoms with Gasteiger partial charge in [-0.05, 0) is 44.1 Å². The molecular formula is C15H27N3O. The Morgan fingerprint density at radius 2 is 2.00 bits per heavy atom. The molecule has 3 fully saturated rings. The Labute approximate surface area is 116 Å². The van der Waals surface area contributed by atoms with Crippen LogP contribution < -0.4 is 5.73 Å². The zero-order valence-electron chi connectivity index (χ0n) is 11.9. The number of hydrogen-bond acceptors (Lipinski definition) is 3. The molecule has 108 valence electrons. The first-order valence-corrected chi connectivity index (χ1v) is 7.99. The second-order valence-corrected chi connectivity index (χ2v) is 6.59. The van der Waals surface area contributed by atoms with Crippen molar-refractivity contribution in [2.45, 2.75) is 32.1 Å². The Kier molecular flexibility index (Phi) is 4.08. The highest BCUT2D eigenvalue weighted by Gasteiger charge is 2.44. The molecule has 0 spiro atoms. The van der Waals surface area contributed by atoms with Crippen LogP contribution in [0, 0.1) is 17.8 Å². The molecule has 0 aromatic heterocycles. The maximum atomic E-state index is 12.7. The molecule has 0 aromatic rings. The molecule has 0 aromatic carbocycles. The van der Waals surface area contributed by atoms with Crippen LogP contribution in [0.3, 0.4) is 0 Å². The monoisotopic (exact) mass is 265 g/mol. The van der Waals surface area contributed by atoms with Crippen molar-refractivity contribution in [1.29, 1.82) is 0 Å². The van der Waals surface area contributed by atoms with E-state index in [2.05, 4.69) is 9.80 Å². The minimum Gasteiger partial charge on any atom is -0.341 e. The number of hydrogen-bond donors (Lipinski definition) is 1. The topological polar surface area (TPSA) is 49.6 Å². The molecule has 1 saturated heterocycles. The van der Waals surface area contributed by atoms with Crippen LogP contribution in [-0.4, -0.2) is 55.0 Å².